The van der Waals surface area contributed by atoms with E-state index in [1.807, 2.05) is 0 Å². The highest BCUT2D eigenvalue weighted by Crippen LogP contribution is 2.40. The van der Waals surface area contributed by atoms with E-state index in [0.717, 1.165) is 0 Å². The van der Waals surface area contributed by atoms with Crippen LogP contribution in [0, 0.1) is 0 Å². The van der Waals surface area contributed by atoms with Gasteiger partial charge in [0.05, 0.1) is 0 Å². The van der Waals surface area contributed by atoms with Gasteiger partial charge in [-0.3, -0.25) is 0 Å². The lowest BCUT2D eigenvalue weighted by atomic mass is 10.2. The number of aliphatic hydroxyl groups excluding tert-OH is 1. The fraction of sp³-hybridized carbons (Fsp3) is 0.750. The molecule has 0 fully saturated rings. The first kappa shape index (κ1) is 23.7. The molecule has 0 saturated heterocycles. The van der Waals surface area contributed by atoms with E-state index in [1.165, 1.54) is 22.6 Å². The summed E-state index contributed by atoms with van der Waals surface area (Å²) in [7, 11) is 0. The maximum absolute atomic E-state index is 12.2. The van der Waals surface area contributed by atoms with E-state index in [-0.39, 0.29) is 38.7 Å². The molecule has 0 unspecified atom stereocenters. The average Bonchev–Trinajstić information content (AvgIpc) is 2.12. The number of alkyl halides is 11. The second-order valence-corrected chi connectivity index (χ2v) is 5.92. The molecule has 1 nitrogen and oxygen atoms in total. The van der Waals surface area contributed by atoms with Crippen molar-refractivity contribution in [3.63, 3.8) is 0 Å². The maximum atomic E-state index is 12.2. The minimum absolute atomic E-state index is 0.0250. The van der Waals surface area contributed by atoms with Gasteiger partial charge in [-0.05, 0) is 26.2 Å². The Bertz CT molecular complexity index is 328. The predicted octanol–water partition coefficient (Wildman–Crippen LogP) is 5.46. The van der Waals surface area contributed by atoms with Gasteiger partial charge >= 0.3 is 22.2 Å². The summed E-state index contributed by atoms with van der Waals surface area (Å²) in [5, 5.41) is 8.26. The van der Waals surface area contributed by atoms with Crippen molar-refractivity contribution in [3.05, 3.63) is 9.66 Å². The zero-order valence-electron chi connectivity index (χ0n) is 9.47. The van der Waals surface area contributed by atoms with Crippen LogP contribution in [0.2, 0.25) is 0 Å². The molecule has 0 radical (unpaired) electrons. The number of hydrogen-bond donors (Lipinski definition) is 1. The molecule has 0 spiro atoms. The molecule has 128 valence electrons. The van der Waals surface area contributed by atoms with Gasteiger partial charge in [0.15, 0.2) is 0 Å². The van der Waals surface area contributed by atoms with Gasteiger partial charge < -0.3 is 5.11 Å². The lowest BCUT2D eigenvalue weighted by Crippen LogP contribution is -2.34. The second-order valence-electron chi connectivity index (χ2n) is 3.18. The molecule has 0 aliphatic carbocycles. The van der Waals surface area contributed by atoms with Crippen LogP contribution in [0.5, 0.6) is 0 Å². The average molecular weight is 562 g/mol. The van der Waals surface area contributed by atoms with Crippen molar-refractivity contribution in [2.75, 3.05) is 6.61 Å². The Kier molecular flexibility index (Phi) is 9.43. The van der Waals surface area contributed by atoms with Crippen LogP contribution in [0.3, 0.4) is 0 Å². The Morgan fingerprint density at radius 1 is 0.857 bits per heavy atom. The monoisotopic (exact) mass is 562 g/mol. The fourth-order valence-electron chi connectivity index (χ4n) is 0.458. The van der Waals surface area contributed by atoms with Gasteiger partial charge in [0.25, 0.3) is 0 Å². The van der Waals surface area contributed by atoms with Crippen molar-refractivity contribution in [2.24, 2.45) is 0 Å². The van der Waals surface area contributed by atoms with Crippen molar-refractivity contribution >= 4 is 45.2 Å². The first-order chi connectivity index (χ1) is 8.95. The van der Waals surface area contributed by atoms with E-state index in [0.29, 0.717) is 0 Å². The van der Waals surface area contributed by atoms with Crippen molar-refractivity contribution < 1.29 is 49.0 Å². The Morgan fingerprint density at radius 2 is 1.19 bits per heavy atom. The standard InChI is InChI=1S/C6H6F5IO.C2F5I/c7-5(8,6(9,10)11)3-4(12)1-2-13;3-1(4,5)2(6,7)8/h3,13H,1-2H2;/b4-3-;. The van der Waals surface area contributed by atoms with E-state index < -0.39 is 28.8 Å². The molecule has 0 aromatic rings. The molecule has 0 aliphatic rings. The first-order valence-corrected chi connectivity index (χ1v) is 6.67. The van der Waals surface area contributed by atoms with Crippen LogP contribution in [0.25, 0.3) is 0 Å². The summed E-state index contributed by atoms with van der Waals surface area (Å²) >= 11 is 1.35. The topological polar surface area (TPSA) is 20.2 Å². The zero-order chi connectivity index (χ0) is 17.7. The molecule has 0 aromatic carbocycles. The summed E-state index contributed by atoms with van der Waals surface area (Å²) in [5.74, 6) is -4.82. The summed E-state index contributed by atoms with van der Waals surface area (Å²) in [6.07, 6.45) is -11.4. The van der Waals surface area contributed by atoms with Gasteiger partial charge in [0, 0.05) is 41.7 Å². The van der Waals surface area contributed by atoms with E-state index in [4.69, 9.17) is 5.11 Å². The van der Waals surface area contributed by atoms with Crippen LogP contribution in [-0.4, -0.2) is 33.9 Å². The molecule has 0 amide bonds. The Hall–Kier alpha value is 0.460. The van der Waals surface area contributed by atoms with Gasteiger partial charge in [-0.1, -0.05) is 0 Å². The van der Waals surface area contributed by atoms with Crippen LogP contribution in [0.4, 0.5) is 43.9 Å². The van der Waals surface area contributed by atoms with E-state index in [1.54, 1.807) is 0 Å². The number of aliphatic hydroxyl groups is 1. The SMILES string of the molecule is FC(F)(F)C(F)(F)I.OCC/C(I)=C/C(F)(F)C(F)(F)F. The van der Waals surface area contributed by atoms with Crippen LogP contribution in [0.15, 0.2) is 9.66 Å². The van der Waals surface area contributed by atoms with Gasteiger partial charge in [-0.15, -0.1) is 0 Å². The minimum Gasteiger partial charge on any atom is -0.396 e. The maximum Gasteiger partial charge on any atom is 0.463 e. The van der Waals surface area contributed by atoms with Gasteiger partial charge in [-0.25, -0.2) is 0 Å². The molecule has 0 heterocycles. The van der Waals surface area contributed by atoms with Crippen molar-refractivity contribution in [2.45, 2.75) is 28.6 Å². The Morgan fingerprint density at radius 3 is 1.38 bits per heavy atom. The highest BCUT2D eigenvalue weighted by Gasteiger charge is 2.56. The fourth-order valence-corrected chi connectivity index (χ4v) is 1.09. The molecule has 0 atom stereocenters. The predicted molar refractivity (Wildman–Crippen MR) is 69.8 cm³/mol. The summed E-state index contributed by atoms with van der Waals surface area (Å²) in [6.45, 7) is -0.456. The second kappa shape index (κ2) is 8.35. The highest BCUT2D eigenvalue weighted by molar-refractivity contribution is 14.1. The number of halogens is 12. The normalized spacial score (nSPS) is 14.6. The molecule has 0 aliphatic heterocycles. The van der Waals surface area contributed by atoms with Crippen LogP contribution in [0.1, 0.15) is 6.42 Å². The Labute approximate surface area is 139 Å². The smallest absolute Gasteiger partial charge is 0.396 e. The lowest BCUT2D eigenvalue weighted by Gasteiger charge is -2.16. The third-order valence-electron chi connectivity index (χ3n) is 1.39. The first-order valence-electron chi connectivity index (χ1n) is 4.51. The zero-order valence-corrected chi connectivity index (χ0v) is 13.8. The van der Waals surface area contributed by atoms with E-state index in [2.05, 4.69) is 0 Å². The molecule has 0 aromatic heterocycles. The van der Waals surface area contributed by atoms with Crippen LogP contribution >= 0.6 is 45.2 Å². The third kappa shape index (κ3) is 9.96. The van der Waals surface area contributed by atoms with Crippen molar-refractivity contribution in [3.8, 4) is 0 Å². The number of allylic oxidation sites excluding steroid dienone is 1. The summed E-state index contributed by atoms with van der Waals surface area (Å²) in [5.41, 5.74) is 0. The number of rotatable bonds is 3. The quantitative estimate of drug-likeness (QED) is 0.276. The van der Waals surface area contributed by atoms with Crippen LogP contribution < -0.4 is 0 Å². The van der Waals surface area contributed by atoms with Gasteiger partial charge in [-0.2, -0.15) is 43.9 Å². The molecular formula is C8H6F10I2O. The molecule has 21 heavy (non-hydrogen) atoms. The summed E-state index contributed by atoms with van der Waals surface area (Å²) in [4.78, 5) is 0. The Balaban J connectivity index is 0. The molecule has 0 saturated carbocycles. The molecule has 0 rings (SSSR count). The van der Waals surface area contributed by atoms with Crippen molar-refractivity contribution in [1.29, 1.82) is 0 Å². The van der Waals surface area contributed by atoms with Gasteiger partial charge in [0.1, 0.15) is 0 Å². The van der Waals surface area contributed by atoms with Crippen molar-refractivity contribution in [1.82, 2.24) is 0 Å². The minimum atomic E-state index is -5.57. The number of hydrogen-bond acceptors (Lipinski definition) is 1. The van der Waals surface area contributed by atoms with E-state index >= 15 is 0 Å². The largest absolute Gasteiger partial charge is 0.463 e. The summed E-state index contributed by atoms with van der Waals surface area (Å²) < 4.78 is 109. The van der Waals surface area contributed by atoms with E-state index in [9.17, 15) is 43.9 Å². The summed E-state index contributed by atoms with van der Waals surface area (Å²) in [6, 6.07) is 0. The van der Waals surface area contributed by atoms with Gasteiger partial charge in [0.2, 0.25) is 0 Å². The highest BCUT2D eigenvalue weighted by atomic mass is 127. The molecule has 0 bridgehead atoms. The third-order valence-corrected chi connectivity index (χ3v) is 2.85. The molecule has 1 N–H and O–H groups in total. The lowest BCUT2D eigenvalue weighted by molar-refractivity contribution is -0.259. The molecule has 13 heteroatoms. The van der Waals surface area contributed by atoms with Crippen LogP contribution in [-0.2, 0) is 0 Å². The molecular weight excluding hydrogens is 556 g/mol.